The van der Waals surface area contributed by atoms with Gasteiger partial charge in [0.05, 0.1) is 24.4 Å². The molecule has 6 nitrogen and oxygen atoms in total. The van der Waals surface area contributed by atoms with Crippen LogP contribution in [0.1, 0.15) is 34.1 Å². The van der Waals surface area contributed by atoms with E-state index in [1.807, 2.05) is 0 Å². The van der Waals surface area contributed by atoms with Crippen molar-refractivity contribution in [2.75, 3.05) is 23.8 Å². The molecule has 3 rings (SSSR count). The lowest BCUT2D eigenvalue weighted by molar-refractivity contribution is -0.114. The number of halogens is 2. The Morgan fingerprint density at radius 3 is 2.79 bits per heavy atom. The predicted molar refractivity (Wildman–Crippen MR) is 102 cm³/mol. The number of carbonyl (C=O) groups is 2. The molecule has 2 N–H and O–H groups in total. The van der Waals surface area contributed by atoms with E-state index in [0.717, 1.165) is 29.7 Å². The van der Waals surface area contributed by atoms with E-state index in [1.165, 1.54) is 23.5 Å². The zero-order valence-corrected chi connectivity index (χ0v) is 16.0. The second-order valence-electron chi connectivity index (χ2n) is 6.06. The van der Waals surface area contributed by atoms with Gasteiger partial charge in [0.1, 0.15) is 10.8 Å². The number of alkyl halides is 2. The monoisotopic (exact) mass is 410 g/mol. The van der Waals surface area contributed by atoms with Gasteiger partial charge in [-0.05, 0) is 43.9 Å². The summed E-state index contributed by atoms with van der Waals surface area (Å²) in [5, 5.41) is 5.98. The van der Waals surface area contributed by atoms with Gasteiger partial charge in [-0.2, -0.15) is 8.78 Å². The molecule has 1 aromatic carbocycles. The first-order valence-electron chi connectivity index (χ1n) is 8.88. The second kappa shape index (κ2) is 9.01. The lowest BCUT2D eigenvalue weighted by Gasteiger charge is -2.12. The average Bonchev–Trinajstić information content (AvgIpc) is 3.21. The van der Waals surface area contributed by atoms with E-state index in [-0.39, 0.29) is 24.6 Å². The van der Waals surface area contributed by atoms with E-state index in [1.54, 1.807) is 19.1 Å². The summed E-state index contributed by atoms with van der Waals surface area (Å²) >= 11 is 1.38. The molecule has 0 spiro atoms. The van der Waals surface area contributed by atoms with Crippen molar-refractivity contribution >= 4 is 33.9 Å². The number of para-hydroxylation sites is 2. The molecule has 9 heteroatoms. The topological polar surface area (TPSA) is 76.7 Å². The number of esters is 1. The minimum Gasteiger partial charge on any atom is -0.462 e. The highest BCUT2D eigenvalue weighted by Gasteiger charge is 2.28. The number of benzene rings is 1. The van der Waals surface area contributed by atoms with E-state index >= 15 is 0 Å². The molecular formula is C19H20F2N2O4S. The summed E-state index contributed by atoms with van der Waals surface area (Å²) < 4.78 is 34.5. The summed E-state index contributed by atoms with van der Waals surface area (Å²) in [6.45, 7) is -1.16. The van der Waals surface area contributed by atoms with Gasteiger partial charge in [0.2, 0.25) is 5.91 Å². The van der Waals surface area contributed by atoms with Crippen molar-refractivity contribution in [1.29, 1.82) is 0 Å². The van der Waals surface area contributed by atoms with Crippen molar-refractivity contribution in [2.24, 2.45) is 0 Å². The Morgan fingerprint density at radius 1 is 1.25 bits per heavy atom. The molecule has 1 aliphatic rings. The smallest absolute Gasteiger partial charge is 0.387 e. The molecule has 0 saturated carbocycles. The quantitative estimate of drug-likeness (QED) is 0.642. The minimum absolute atomic E-state index is 0.0485. The van der Waals surface area contributed by atoms with E-state index < -0.39 is 18.5 Å². The minimum atomic E-state index is -2.96. The summed E-state index contributed by atoms with van der Waals surface area (Å²) in [4.78, 5) is 25.8. The summed E-state index contributed by atoms with van der Waals surface area (Å²) in [7, 11) is 0. The number of amides is 1. The fourth-order valence-corrected chi connectivity index (χ4v) is 4.36. The molecular weight excluding hydrogens is 390 g/mol. The Kier molecular flexibility index (Phi) is 6.45. The van der Waals surface area contributed by atoms with Gasteiger partial charge >= 0.3 is 12.6 Å². The van der Waals surface area contributed by atoms with E-state index in [4.69, 9.17) is 4.74 Å². The van der Waals surface area contributed by atoms with Crippen molar-refractivity contribution in [3.05, 3.63) is 40.3 Å². The van der Waals surface area contributed by atoms with Gasteiger partial charge in [-0.25, -0.2) is 4.79 Å². The molecule has 0 saturated heterocycles. The highest BCUT2D eigenvalue weighted by atomic mass is 32.1. The normalized spacial score (nSPS) is 12.6. The average molecular weight is 410 g/mol. The van der Waals surface area contributed by atoms with E-state index in [0.29, 0.717) is 10.6 Å². The van der Waals surface area contributed by atoms with Gasteiger partial charge in [0, 0.05) is 4.88 Å². The summed E-state index contributed by atoms with van der Waals surface area (Å²) in [5.74, 6) is -0.897. The molecule has 28 heavy (non-hydrogen) atoms. The number of hydrogen-bond donors (Lipinski definition) is 2. The first-order valence-corrected chi connectivity index (χ1v) is 9.70. The highest BCUT2D eigenvalue weighted by Crippen LogP contribution is 2.39. The SMILES string of the molecule is CCOC(=O)c1c(NC(=O)CNc2ccccc2OC(F)F)sc2c1CCC2. The van der Waals surface area contributed by atoms with Gasteiger partial charge < -0.3 is 20.1 Å². The maximum atomic E-state index is 12.5. The molecule has 0 atom stereocenters. The number of aryl methyl sites for hydroxylation is 1. The Labute approximate surface area is 164 Å². The second-order valence-corrected chi connectivity index (χ2v) is 7.16. The van der Waals surface area contributed by atoms with E-state index in [9.17, 15) is 18.4 Å². The Balaban J connectivity index is 1.69. The van der Waals surface area contributed by atoms with Crippen LogP contribution in [-0.4, -0.2) is 31.6 Å². The first kappa shape index (κ1) is 20.1. The molecule has 0 radical (unpaired) electrons. The van der Waals surface area contributed by atoms with Crippen LogP contribution in [0.5, 0.6) is 5.75 Å². The standard InChI is InChI=1S/C19H20F2N2O4S/c1-2-26-18(25)16-11-6-5-9-14(11)28-17(16)23-15(24)10-22-12-7-3-4-8-13(12)27-19(20)21/h3-4,7-8,19,22H,2,5-6,9-10H2,1H3,(H,23,24). The number of anilines is 2. The van der Waals surface area contributed by atoms with Gasteiger partial charge in [0.25, 0.3) is 0 Å². The number of hydrogen-bond acceptors (Lipinski definition) is 6. The Bertz CT molecular complexity index is 870. The molecule has 1 heterocycles. The van der Waals surface area contributed by atoms with Crippen LogP contribution in [0.2, 0.25) is 0 Å². The van der Waals surface area contributed by atoms with Crippen LogP contribution >= 0.6 is 11.3 Å². The molecule has 1 amide bonds. The summed E-state index contributed by atoms with van der Waals surface area (Å²) in [6, 6.07) is 6.12. The molecule has 150 valence electrons. The fourth-order valence-electron chi connectivity index (χ4n) is 3.07. The highest BCUT2D eigenvalue weighted by molar-refractivity contribution is 7.17. The van der Waals surface area contributed by atoms with Gasteiger partial charge in [0.15, 0.2) is 0 Å². The number of rotatable bonds is 8. The third-order valence-electron chi connectivity index (χ3n) is 4.20. The zero-order chi connectivity index (χ0) is 20.1. The van der Waals surface area contributed by atoms with Gasteiger partial charge in [-0.3, -0.25) is 4.79 Å². The molecule has 0 fully saturated rings. The van der Waals surface area contributed by atoms with Gasteiger partial charge in [-0.1, -0.05) is 12.1 Å². The van der Waals surface area contributed by atoms with Crippen molar-refractivity contribution in [2.45, 2.75) is 32.8 Å². The largest absolute Gasteiger partial charge is 0.462 e. The van der Waals surface area contributed by atoms with Crippen LogP contribution in [0.3, 0.4) is 0 Å². The number of thiophene rings is 1. The van der Waals surface area contributed by atoms with Crippen molar-refractivity contribution < 1.29 is 27.8 Å². The van der Waals surface area contributed by atoms with Crippen molar-refractivity contribution in [3.8, 4) is 5.75 Å². The third-order valence-corrected chi connectivity index (χ3v) is 5.40. The fraction of sp³-hybridized carbons (Fsp3) is 0.368. The number of nitrogens with one attached hydrogen (secondary N) is 2. The molecule has 0 unspecified atom stereocenters. The number of fused-ring (bicyclic) bond motifs is 1. The predicted octanol–water partition coefficient (Wildman–Crippen LogP) is 4.07. The van der Waals surface area contributed by atoms with Crippen molar-refractivity contribution in [1.82, 2.24) is 0 Å². The molecule has 2 aromatic rings. The lowest BCUT2D eigenvalue weighted by Crippen LogP contribution is -2.23. The maximum Gasteiger partial charge on any atom is 0.387 e. The molecule has 1 aromatic heterocycles. The Morgan fingerprint density at radius 2 is 2.04 bits per heavy atom. The van der Waals surface area contributed by atoms with Crippen LogP contribution in [0.4, 0.5) is 19.5 Å². The van der Waals surface area contributed by atoms with Crippen LogP contribution in [0.25, 0.3) is 0 Å². The lowest BCUT2D eigenvalue weighted by atomic mass is 10.1. The molecule has 1 aliphatic carbocycles. The zero-order valence-electron chi connectivity index (χ0n) is 15.2. The van der Waals surface area contributed by atoms with Crippen molar-refractivity contribution in [3.63, 3.8) is 0 Å². The first-order chi connectivity index (χ1) is 13.5. The van der Waals surface area contributed by atoms with Crippen LogP contribution in [0, 0.1) is 0 Å². The number of carbonyl (C=O) groups excluding carboxylic acids is 2. The van der Waals surface area contributed by atoms with Crippen LogP contribution in [0.15, 0.2) is 24.3 Å². The maximum absolute atomic E-state index is 12.5. The molecule has 0 bridgehead atoms. The summed E-state index contributed by atoms with van der Waals surface area (Å²) in [6.07, 6.45) is 2.63. The van der Waals surface area contributed by atoms with Crippen LogP contribution in [-0.2, 0) is 22.4 Å². The van der Waals surface area contributed by atoms with Gasteiger partial charge in [-0.15, -0.1) is 11.3 Å². The van der Waals surface area contributed by atoms with Crippen LogP contribution < -0.4 is 15.4 Å². The Hall–Kier alpha value is -2.68. The van der Waals surface area contributed by atoms with E-state index in [2.05, 4.69) is 15.4 Å². The molecule has 0 aliphatic heterocycles. The number of ether oxygens (including phenoxy) is 2. The third kappa shape index (κ3) is 4.59. The summed E-state index contributed by atoms with van der Waals surface area (Å²) in [5.41, 5.74) is 1.65.